The SMILES string of the molecule is Cc1ccnc(OCC2CC(=O)N(CC3CCN(C(=O)NC4CCCCC4)CC3)C2)c1. The standard InChI is InChI=1S/C24H36N4O3/c1-18-7-10-25-22(13-18)31-17-20-14-23(29)28(16-20)15-19-8-11-27(12-9-19)24(30)26-21-5-3-2-4-6-21/h7,10,13,19-21H,2-6,8-9,11-12,14-17H2,1H3,(H,26,30). The van der Waals surface area contributed by atoms with E-state index < -0.39 is 0 Å². The molecule has 3 heterocycles. The molecule has 2 aliphatic heterocycles. The molecule has 7 nitrogen and oxygen atoms in total. The third-order valence-corrected chi connectivity index (χ3v) is 6.96. The molecule has 2 saturated heterocycles. The third kappa shape index (κ3) is 6.11. The Kier molecular flexibility index (Phi) is 7.30. The summed E-state index contributed by atoms with van der Waals surface area (Å²) in [6.45, 7) is 5.68. The topological polar surface area (TPSA) is 74.8 Å². The summed E-state index contributed by atoms with van der Waals surface area (Å²) in [5, 5.41) is 3.22. The predicted molar refractivity (Wildman–Crippen MR) is 119 cm³/mol. The van der Waals surface area contributed by atoms with Crippen molar-refractivity contribution in [2.24, 2.45) is 11.8 Å². The van der Waals surface area contributed by atoms with Gasteiger partial charge < -0.3 is 19.9 Å². The van der Waals surface area contributed by atoms with E-state index in [0.717, 1.165) is 57.4 Å². The Balaban J connectivity index is 1.17. The first-order valence-electron chi connectivity index (χ1n) is 12.0. The number of pyridine rings is 1. The van der Waals surface area contributed by atoms with E-state index in [1.165, 1.54) is 19.3 Å². The quantitative estimate of drug-likeness (QED) is 0.754. The van der Waals surface area contributed by atoms with Crippen molar-refractivity contribution in [3.63, 3.8) is 0 Å². The van der Waals surface area contributed by atoms with Crippen molar-refractivity contribution in [3.8, 4) is 5.88 Å². The average molecular weight is 429 g/mol. The van der Waals surface area contributed by atoms with Gasteiger partial charge in [-0.1, -0.05) is 19.3 Å². The van der Waals surface area contributed by atoms with E-state index in [9.17, 15) is 9.59 Å². The van der Waals surface area contributed by atoms with Crippen LogP contribution in [0.4, 0.5) is 4.79 Å². The van der Waals surface area contributed by atoms with E-state index >= 15 is 0 Å². The molecule has 7 heteroatoms. The van der Waals surface area contributed by atoms with Crippen molar-refractivity contribution in [1.29, 1.82) is 0 Å². The predicted octanol–water partition coefficient (Wildman–Crippen LogP) is 3.37. The summed E-state index contributed by atoms with van der Waals surface area (Å²) in [6, 6.07) is 4.32. The third-order valence-electron chi connectivity index (χ3n) is 6.96. The van der Waals surface area contributed by atoms with Gasteiger partial charge in [-0.25, -0.2) is 9.78 Å². The molecule has 1 aromatic rings. The minimum absolute atomic E-state index is 0.101. The average Bonchev–Trinajstić information content (AvgIpc) is 3.12. The van der Waals surface area contributed by atoms with Gasteiger partial charge in [0.05, 0.1) is 6.61 Å². The summed E-state index contributed by atoms with van der Waals surface area (Å²) < 4.78 is 5.82. The number of amides is 3. The number of likely N-dealkylation sites (tertiary alicyclic amines) is 2. The molecule has 1 aliphatic carbocycles. The van der Waals surface area contributed by atoms with Crippen LogP contribution in [0.2, 0.25) is 0 Å². The number of hydrogen-bond acceptors (Lipinski definition) is 4. The Morgan fingerprint density at radius 2 is 1.94 bits per heavy atom. The van der Waals surface area contributed by atoms with Gasteiger partial charge in [-0.05, 0) is 50.2 Å². The molecule has 3 amide bonds. The number of hydrogen-bond donors (Lipinski definition) is 1. The smallest absolute Gasteiger partial charge is 0.317 e. The van der Waals surface area contributed by atoms with E-state index in [-0.39, 0.29) is 17.9 Å². The highest BCUT2D eigenvalue weighted by Crippen LogP contribution is 2.25. The van der Waals surface area contributed by atoms with Crippen molar-refractivity contribution in [2.45, 2.75) is 64.3 Å². The summed E-state index contributed by atoms with van der Waals surface area (Å²) in [5.74, 6) is 1.55. The Morgan fingerprint density at radius 3 is 2.68 bits per heavy atom. The van der Waals surface area contributed by atoms with Gasteiger partial charge in [-0.15, -0.1) is 0 Å². The molecule has 1 unspecified atom stereocenters. The highest BCUT2D eigenvalue weighted by atomic mass is 16.5. The molecule has 170 valence electrons. The Morgan fingerprint density at radius 1 is 1.16 bits per heavy atom. The van der Waals surface area contributed by atoms with Gasteiger partial charge in [0.15, 0.2) is 0 Å². The van der Waals surface area contributed by atoms with Crippen molar-refractivity contribution in [1.82, 2.24) is 20.1 Å². The highest BCUT2D eigenvalue weighted by molar-refractivity contribution is 5.78. The van der Waals surface area contributed by atoms with Gasteiger partial charge >= 0.3 is 6.03 Å². The highest BCUT2D eigenvalue weighted by Gasteiger charge is 2.33. The van der Waals surface area contributed by atoms with E-state index in [4.69, 9.17) is 4.74 Å². The van der Waals surface area contributed by atoms with Crippen LogP contribution < -0.4 is 10.1 Å². The lowest BCUT2D eigenvalue weighted by molar-refractivity contribution is -0.128. The Labute approximate surface area is 185 Å². The molecule has 0 aromatic carbocycles. The Bertz CT molecular complexity index is 757. The van der Waals surface area contributed by atoms with Crippen molar-refractivity contribution in [3.05, 3.63) is 23.9 Å². The van der Waals surface area contributed by atoms with Crippen LogP contribution >= 0.6 is 0 Å². The molecule has 31 heavy (non-hydrogen) atoms. The van der Waals surface area contributed by atoms with Crippen LogP contribution in [0, 0.1) is 18.8 Å². The van der Waals surface area contributed by atoms with E-state index in [2.05, 4.69) is 10.3 Å². The maximum atomic E-state index is 12.6. The Hall–Kier alpha value is -2.31. The van der Waals surface area contributed by atoms with Crippen molar-refractivity contribution in [2.75, 3.05) is 32.8 Å². The fourth-order valence-corrected chi connectivity index (χ4v) is 5.08. The number of carbonyl (C=O) groups excluding carboxylic acids is 2. The molecule has 0 bridgehead atoms. The number of aryl methyl sites for hydroxylation is 1. The lowest BCUT2D eigenvalue weighted by atomic mass is 9.95. The first kappa shape index (κ1) is 21.9. The molecule has 1 atom stereocenters. The maximum absolute atomic E-state index is 12.6. The minimum atomic E-state index is 0.101. The number of nitrogens with one attached hydrogen (secondary N) is 1. The van der Waals surface area contributed by atoms with Crippen molar-refractivity contribution >= 4 is 11.9 Å². The molecule has 1 N–H and O–H groups in total. The summed E-state index contributed by atoms with van der Waals surface area (Å²) in [6.07, 6.45) is 10.2. The van der Waals surface area contributed by atoms with Crippen LogP contribution in [0.1, 0.15) is 56.9 Å². The number of rotatable bonds is 6. The normalized spacial score (nSPS) is 23.3. The fourth-order valence-electron chi connectivity index (χ4n) is 5.08. The zero-order valence-electron chi connectivity index (χ0n) is 18.7. The van der Waals surface area contributed by atoms with Gasteiger partial charge in [0.25, 0.3) is 0 Å². The van der Waals surface area contributed by atoms with E-state index in [1.54, 1.807) is 6.20 Å². The molecule has 3 aliphatic rings. The van der Waals surface area contributed by atoms with Crippen LogP contribution in [-0.4, -0.2) is 65.5 Å². The number of piperidine rings is 1. The molecule has 1 aromatic heterocycles. The van der Waals surface area contributed by atoms with Crippen LogP contribution in [0.3, 0.4) is 0 Å². The maximum Gasteiger partial charge on any atom is 0.317 e. The number of aromatic nitrogens is 1. The molecular weight excluding hydrogens is 392 g/mol. The van der Waals surface area contributed by atoms with Crippen molar-refractivity contribution < 1.29 is 14.3 Å². The van der Waals surface area contributed by atoms with Gasteiger partial charge in [0, 0.05) is 56.8 Å². The van der Waals surface area contributed by atoms with Crippen LogP contribution in [0.5, 0.6) is 5.88 Å². The van der Waals surface area contributed by atoms with Gasteiger partial charge in [0.2, 0.25) is 11.8 Å². The zero-order valence-corrected chi connectivity index (χ0v) is 18.7. The largest absolute Gasteiger partial charge is 0.477 e. The summed E-state index contributed by atoms with van der Waals surface area (Å²) in [4.78, 5) is 33.2. The number of carbonyl (C=O) groups is 2. The molecule has 4 rings (SSSR count). The van der Waals surface area contributed by atoms with Crippen LogP contribution in [-0.2, 0) is 4.79 Å². The fraction of sp³-hybridized carbons (Fsp3) is 0.708. The number of nitrogens with zero attached hydrogens (tertiary/aromatic N) is 3. The summed E-state index contributed by atoms with van der Waals surface area (Å²) in [7, 11) is 0. The molecule has 3 fully saturated rings. The van der Waals surface area contributed by atoms with Crippen LogP contribution in [0.15, 0.2) is 18.3 Å². The monoisotopic (exact) mass is 428 g/mol. The first-order chi connectivity index (χ1) is 15.1. The lowest BCUT2D eigenvalue weighted by Crippen LogP contribution is -2.49. The summed E-state index contributed by atoms with van der Waals surface area (Å²) >= 11 is 0. The summed E-state index contributed by atoms with van der Waals surface area (Å²) in [5.41, 5.74) is 1.12. The molecule has 0 spiro atoms. The second-order valence-electron chi connectivity index (χ2n) is 9.57. The van der Waals surface area contributed by atoms with Gasteiger partial charge in [-0.3, -0.25) is 4.79 Å². The van der Waals surface area contributed by atoms with Crippen LogP contribution in [0.25, 0.3) is 0 Å². The van der Waals surface area contributed by atoms with Gasteiger partial charge in [0.1, 0.15) is 0 Å². The second kappa shape index (κ2) is 10.3. The van der Waals surface area contributed by atoms with E-state index in [1.807, 2.05) is 28.9 Å². The number of urea groups is 1. The molecular formula is C24H36N4O3. The zero-order chi connectivity index (χ0) is 21.6. The molecule has 0 radical (unpaired) electrons. The second-order valence-corrected chi connectivity index (χ2v) is 9.57. The minimum Gasteiger partial charge on any atom is -0.477 e. The lowest BCUT2D eigenvalue weighted by Gasteiger charge is -2.35. The number of ether oxygens (including phenoxy) is 1. The van der Waals surface area contributed by atoms with Gasteiger partial charge in [-0.2, -0.15) is 0 Å². The first-order valence-corrected chi connectivity index (χ1v) is 12.0. The van der Waals surface area contributed by atoms with E-state index in [0.29, 0.717) is 30.9 Å². The molecule has 1 saturated carbocycles.